The van der Waals surface area contributed by atoms with Gasteiger partial charge in [-0.2, -0.15) is 0 Å². The number of piperidine rings is 1. The average Bonchev–Trinajstić information content (AvgIpc) is 2.72. The average molecular weight is 351 g/mol. The predicted octanol–water partition coefficient (Wildman–Crippen LogP) is 3.42. The van der Waals surface area contributed by atoms with Gasteiger partial charge in [-0.15, -0.1) is 0 Å². The molecule has 2 heterocycles. The van der Waals surface area contributed by atoms with Crippen LogP contribution in [0.2, 0.25) is 0 Å². The van der Waals surface area contributed by atoms with E-state index in [-0.39, 0.29) is 11.8 Å². The Bertz CT molecular complexity index is 744. The van der Waals surface area contributed by atoms with E-state index in [1.54, 1.807) is 30.5 Å². The summed E-state index contributed by atoms with van der Waals surface area (Å²) in [4.78, 5) is 31.2. The molecule has 1 atom stereocenters. The van der Waals surface area contributed by atoms with Gasteiger partial charge >= 0.3 is 0 Å². The molecule has 0 saturated carbocycles. The van der Waals surface area contributed by atoms with E-state index in [4.69, 9.17) is 0 Å². The molecule has 26 heavy (non-hydrogen) atoms. The molecular formula is C21H25N3O2. The number of carbonyl (C=O) groups excluding carboxylic acids is 2. The third kappa shape index (κ3) is 4.28. The molecule has 1 fully saturated rings. The first kappa shape index (κ1) is 18.1. The molecule has 2 amide bonds. The molecule has 0 aliphatic carbocycles. The van der Waals surface area contributed by atoms with Crippen molar-refractivity contribution in [1.29, 1.82) is 0 Å². The molecule has 5 heteroatoms. The number of pyridine rings is 1. The number of hydrogen-bond acceptors (Lipinski definition) is 3. The molecule has 1 aromatic carbocycles. The first-order valence-electron chi connectivity index (χ1n) is 9.28. The van der Waals surface area contributed by atoms with E-state index in [2.05, 4.69) is 17.2 Å². The van der Waals surface area contributed by atoms with E-state index in [1.807, 2.05) is 23.1 Å². The molecule has 0 spiro atoms. The van der Waals surface area contributed by atoms with Crippen LogP contribution in [0.1, 0.15) is 59.0 Å². The first-order valence-corrected chi connectivity index (χ1v) is 9.28. The predicted molar refractivity (Wildman–Crippen MR) is 101 cm³/mol. The largest absolute Gasteiger partial charge is 0.346 e. The Morgan fingerprint density at radius 3 is 2.58 bits per heavy atom. The highest BCUT2D eigenvalue weighted by atomic mass is 16.2. The SMILES string of the molecule is CCC1CCCCN1C(=O)c1ccc(C(=O)NCc2ccccn2)cc1. The van der Waals surface area contributed by atoms with Crippen LogP contribution in [-0.2, 0) is 6.54 Å². The maximum atomic E-state index is 12.8. The van der Waals surface area contributed by atoms with Crippen molar-refractivity contribution in [3.8, 4) is 0 Å². The summed E-state index contributed by atoms with van der Waals surface area (Å²) in [7, 11) is 0. The van der Waals surface area contributed by atoms with Gasteiger partial charge in [0.1, 0.15) is 0 Å². The Kier molecular flexibility index (Phi) is 6.00. The highest BCUT2D eigenvalue weighted by Crippen LogP contribution is 2.22. The van der Waals surface area contributed by atoms with E-state index in [9.17, 15) is 9.59 Å². The second kappa shape index (κ2) is 8.61. The van der Waals surface area contributed by atoms with Crippen LogP contribution in [0.3, 0.4) is 0 Å². The lowest BCUT2D eigenvalue weighted by atomic mass is 9.98. The van der Waals surface area contributed by atoms with Crippen LogP contribution < -0.4 is 5.32 Å². The summed E-state index contributed by atoms with van der Waals surface area (Å²) in [5.41, 5.74) is 2.00. The van der Waals surface area contributed by atoms with Crippen LogP contribution in [0.25, 0.3) is 0 Å². The molecule has 136 valence electrons. The molecule has 1 unspecified atom stereocenters. The number of aromatic nitrogens is 1. The summed E-state index contributed by atoms with van der Waals surface area (Å²) >= 11 is 0. The van der Waals surface area contributed by atoms with Crippen LogP contribution in [0.5, 0.6) is 0 Å². The molecule has 1 aromatic heterocycles. The molecule has 0 radical (unpaired) electrons. The van der Waals surface area contributed by atoms with E-state index in [0.717, 1.165) is 31.5 Å². The van der Waals surface area contributed by atoms with E-state index in [0.29, 0.717) is 23.7 Å². The Hall–Kier alpha value is -2.69. The molecule has 1 aliphatic rings. The zero-order valence-electron chi connectivity index (χ0n) is 15.1. The zero-order valence-corrected chi connectivity index (χ0v) is 15.1. The van der Waals surface area contributed by atoms with E-state index >= 15 is 0 Å². The lowest BCUT2D eigenvalue weighted by Gasteiger charge is -2.35. The van der Waals surface area contributed by atoms with Gasteiger partial charge in [-0.1, -0.05) is 13.0 Å². The van der Waals surface area contributed by atoms with Crippen LogP contribution >= 0.6 is 0 Å². The second-order valence-corrected chi connectivity index (χ2v) is 6.64. The molecule has 3 rings (SSSR count). The lowest BCUT2D eigenvalue weighted by Crippen LogP contribution is -2.43. The fourth-order valence-electron chi connectivity index (χ4n) is 3.40. The van der Waals surface area contributed by atoms with E-state index < -0.39 is 0 Å². The normalized spacial score (nSPS) is 17.0. The molecule has 2 aromatic rings. The Labute approximate surface area is 154 Å². The van der Waals surface area contributed by atoms with Crippen molar-refractivity contribution in [2.75, 3.05) is 6.54 Å². The summed E-state index contributed by atoms with van der Waals surface area (Å²) in [5.74, 6) is -0.101. The summed E-state index contributed by atoms with van der Waals surface area (Å²) in [6.45, 7) is 3.33. The van der Waals surface area contributed by atoms with Crippen molar-refractivity contribution in [3.05, 3.63) is 65.5 Å². The minimum Gasteiger partial charge on any atom is -0.346 e. The maximum Gasteiger partial charge on any atom is 0.254 e. The summed E-state index contributed by atoms with van der Waals surface area (Å²) in [5, 5.41) is 2.85. The van der Waals surface area contributed by atoms with Gasteiger partial charge in [0, 0.05) is 29.9 Å². The highest BCUT2D eigenvalue weighted by Gasteiger charge is 2.26. The number of likely N-dealkylation sites (tertiary alicyclic amines) is 1. The quantitative estimate of drug-likeness (QED) is 0.898. The van der Waals surface area contributed by atoms with Gasteiger partial charge in [-0.3, -0.25) is 14.6 Å². The Morgan fingerprint density at radius 1 is 1.12 bits per heavy atom. The topological polar surface area (TPSA) is 62.3 Å². The molecule has 1 N–H and O–H groups in total. The minimum absolute atomic E-state index is 0.0667. The third-order valence-electron chi connectivity index (χ3n) is 4.91. The summed E-state index contributed by atoms with van der Waals surface area (Å²) in [6.07, 6.45) is 6.02. The summed E-state index contributed by atoms with van der Waals surface area (Å²) < 4.78 is 0. The van der Waals surface area contributed by atoms with Gasteiger partial charge < -0.3 is 10.2 Å². The van der Waals surface area contributed by atoms with Crippen molar-refractivity contribution in [2.24, 2.45) is 0 Å². The van der Waals surface area contributed by atoms with Crippen molar-refractivity contribution >= 4 is 11.8 Å². The Balaban J connectivity index is 1.62. The fourth-order valence-corrected chi connectivity index (χ4v) is 3.40. The van der Waals surface area contributed by atoms with E-state index in [1.165, 1.54) is 6.42 Å². The van der Waals surface area contributed by atoms with Crippen LogP contribution in [0, 0.1) is 0 Å². The molecule has 1 aliphatic heterocycles. The first-order chi connectivity index (χ1) is 12.7. The monoisotopic (exact) mass is 351 g/mol. The number of benzene rings is 1. The van der Waals surface area contributed by atoms with Crippen molar-refractivity contribution in [2.45, 2.75) is 45.2 Å². The van der Waals surface area contributed by atoms with Gasteiger partial charge in [0.2, 0.25) is 0 Å². The number of nitrogens with zero attached hydrogens (tertiary/aromatic N) is 2. The van der Waals surface area contributed by atoms with Gasteiger partial charge in [-0.25, -0.2) is 0 Å². The number of rotatable bonds is 5. The number of amides is 2. The van der Waals surface area contributed by atoms with Crippen LogP contribution in [0.4, 0.5) is 0 Å². The molecule has 0 bridgehead atoms. The van der Waals surface area contributed by atoms with Gasteiger partial charge in [0.05, 0.1) is 12.2 Å². The van der Waals surface area contributed by atoms with Crippen molar-refractivity contribution in [1.82, 2.24) is 15.2 Å². The lowest BCUT2D eigenvalue weighted by molar-refractivity contribution is 0.0607. The van der Waals surface area contributed by atoms with Gasteiger partial charge in [0.15, 0.2) is 0 Å². The highest BCUT2D eigenvalue weighted by molar-refractivity contribution is 5.98. The third-order valence-corrected chi connectivity index (χ3v) is 4.91. The van der Waals surface area contributed by atoms with Crippen molar-refractivity contribution < 1.29 is 9.59 Å². The van der Waals surface area contributed by atoms with Crippen LogP contribution in [-0.4, -0.2) is 34.3 Å². The number of nitrogens with one attached hydrogen (secondary N) is 1. The standard InChI is InChI=1S/C21H25N3O2/c1-2-19-8-4-6-14-24(19)21(26)17-11-9-16(10-12-17)20(25)23-15-18-7-3-5-13-22-18/h3,5,7,9-13,19H,2,4,6,8,14-15H2,1H3,(H,23,25). The molecular weight excluding hydrogens is 326 g/mol. The van der Waals surface area contributed by atoms with Gasteiger partial charge in [0.25, 0.3) is 11.8 Å². The van der Waals surface area contributed by atoms with Gasteiger partial charge in [-0.05, 0) is 62.1 Å². The molecule has 5 nitrogen and oxygen atoms in total. The second-order valence-electron chi connectivity index (χ2n) is 6.64. The number of carbonyl (C=O) groups is 2. The summed E-state index contributed by atoms with van der Waals surface area (Å²) in [6, 6.07) is 12.9. The Morgan fingerprint density at radius 2 is 1.88 bits per heavy atom. The molecule has 1 saturated heterocycles. The number of hydrogen-bond donors (Lipinski definition) is 1. The smallest absolute Gasteiger partial charge is 0.254 e. The minimum atomic E-state index is -0.168. The van der Waals surface area contributed by atoms with Crippen molar-refractivity contribution in [3.63, 3.8) is 0 Å². The van der Waals surface area contributed by atoms with Crippen LogP contribution in [0.15, 0.2) is 48.7 Å². The maximum absolute atomic E-state index is 12.8. The fraction of sp³-hybridized carbons (Fsp3) is 0.381. The zero-order chi connectivity index (χ0) is 18.4.